The molecule has 1 atom stereocenters. The molecule has 0 aliphatic heterocycles. The van der Waals surface area contributed by atoms with Crippen LogP contribution >= 0.6 is 46.4 Å². The van der Waals surface area contributed by atoms with Gasteiger partial charge in [-0.2, -0.15) is 0 Å². The van der Waals surface area contributed by atoms with Crippen LogP contribution in [0.2, 0.25) is 5.02 Å². The number of hydrogen-bond donors (Lipinski definition) is 2. The van der Waals surface area contributed by atoms with Crippen molar-refractivity contribution in [2.24, 2.45) is 0 Å². The van der Waals surface area contributed by atoms with Gasteiger partial charge < -0.3 is 10.6 Å². The van der Waals surface area contributed by atoms with E-state index in [0.717, 1.165) is 5.56 Å². The van der Waals surface area contributed by atoms with Crippen LogP contribution in [0.5, 0.6) is 0 Å². The lowest BCUT2D eigenvalue weighted by Crippen LogP contribution is -2.49. The quantitative estimate of drug-likeness (QED) is 0.567. The van der Waals surface area contributed by atoms with E-state index >= 15 is 0 Å². The van der Waals surface area contributed by atoms with Crippen molar-refractivity contribution in [2.45, 2.75) is 16.4 Å². The van der Waals surface area contributed by atoms with Crippen LogP contribution in [0.1, 0.15) is 5.56 Å². The molecule has 2 aromatic carbocycles. The first-order valence-electron chi connectivity index (χ1n) is 6.77. The van der Waals surface area contributed by atoms with Crippen molar-refractivity contribution in [1.29, 1.82) is 0 Å². The Bertz CT molecular complexity index is 659. The van der Waals surface area contributed by atoms with Crippen LogP contribution in [0.25, 0.3) is 0 Å². The van der Waals surface area contributed by atoms with Crippen molar-refractivity contribution in [3.05, 3.63) is 65.2 Å². The molecule has 1 unspecified atom stereocenters. The zero-order valence-electron chi connectivity index (χ0n) is 11.9. The molecule has 2 N–H and O–H groups in total. The summed E-state index contributed by atoms with van der Waals surface area (Å²) < 4.78 is -1.74. The third-order valence-corrected chi connectivity index (χ3v) is 4.00. The van der Waals surface area contributed by atoms with Gasteiger partial charge in [0.05, 0.1) is 17.1 Å². The number of carbonyl (C=O) groups excluding carboxylic acids is 1. The lowest BCUT2D eigenvalue weighted by atomic mass is 10.1. The summed E-state index contributed by atoms with van der Waals surface area (Å²) in [6, 6.07) is 16.3. The Morgan fingerprint density at radius 3 is 2.22 bits per heavy atom. The third kappa shape index (κ3) is 5.78. The van der Waals surface area contributed by atoms with E-state index in [0.29, 0.717) is 10.7 Å². The minimum Gasteiger partial charge on any atom is -0.361 e. The fourth-order valence-corrected chi connectivity index (χ4v) is 2.44. The number of benzene rings is 2. The van der Waals surface area contributed by atoms with Gasteiger partial charge in [0.25, 0.3) is 0 Å². The van der Waals surface area contributed by atoms with Gasteiger partial charge >= 0.3 is 0 Å². The summed E-state index contributed by atoms with van der Waals surface area (Å²) in [6.07, 6.45) is -0.744. The van der Waals surface area contributed by atoms with Crippen LogP contribution in [0.15, 0.2) is 54.6 Å². The number of para-hydroxylation sites is 1. The number of alkyl halides is 3. The van der Waals surface area contributed by atoms with Gasteiger partial charge in [0, 0.05) is 0 Å². The molecule has 0 saturated heterocycles. The highest BCUT2D eigenvalue weighted by molar-refractivity contribution is 6.68. The molecule has 0 saturated carbocycles. The van der Waals surface area contributed by atoms with Crippen LogP contribution in [0.3, 0.4) is 0 Å². The molecule has 7 heteroatoms. The standard InChI is InChI=1S/C16H14Cl4N2O/c17-12-8-4-5-9-13(12)21-15(16(18,19)20)22-14(23)10-11-6-2-1-3-7-11/h1-9,15,21H,10H2,(H,22,23). The van der Waals surface area contributed by atoms with E-state index in [2.05, 4.69) is 10.6 Å². The molecule has 122 valence electrons. The van der Waals surface area contributed by atoms with Gasteiger partial charge in [-0.25, -0.2) is 0 Å². The van der Waals surface area contributed by atoms with Crippen LogP contribution in [-0.2, 0) is 11.2 Å². The average Bonchev–Trinajstić information content (AvgIpc) is 2.48. The number of nitrogens with one attached hydrogen (secondary N) is 2. The monoisotopic (exact) mass is 390 g/mol. The van der Waals surface area contributed by atoms with Crippen LogP contribution in [0, 0.1) is 0 Å². The molecule has 3 nitrogen and oxygen atoms in total. The highest BCUT2D eigenvalue weighted by Crippen LogP contribution is 2.32. The summed E-state index contributed by atoms with van der Waals surface area (Å²) in [7, 11) is 0. The average molecular weight is 392 g/mol. The Balaban J connectivity index is 2.07. The molecule has 2 rings (SSSR count). The molecule has 0 aliphatic rings. The van der Waals surface area contributed by atoms with E-state index in [1.807, 2.05) is 30.3 Å². The molecule has 0 fully saturated rings. The van der Waals surface area contributed by atoms with Gasteiger partial charge in [-0.3, -0.25) is 4.79 Å². The number of halogens is 4. The Morgan fingerprint density at radius 1 is 1.00 bits per heavy atom. The number of rotatable bonds is 5. The van der Waals surface area contributed by atoms with Crippen molar-refractivity contribution >= 4 is 58.0 Å². The zero-order chi connectivity index (χ0) is 16.9. The summed E-state index contributed by atoms with van der Waals surface area (Å²) >= 11 is 24.0. The maximum atomic E-state index is 12.2. The largest absolute Gasteiger partial charge is 0.361 e. The first-order valence-corrected chi connectivity index (χ1v) is 8.28. The summed E-state index contributed by atoms with van der Waals surface area (Å²) in [5.74, 6) is -0.271. The Labute approximate surface area is 154 Å². The van der Waals surface area contributed by atoms with Gasteiger partial charge in [-0.1, -0.05) is 88.9 Å². The van der Waals surface area contributed by atoms with E-state index in [1.54, 1.807) is 24.3 Å². The number of carbonyl (C=O) groups is 1. The molecule has 1 amide bonds. The van der Waals surface area contributed by atoms with Gasteiger partial charge in [-0.05, 0) is 17.7 Å². The fraction of sp³-hybridized carbons (Fsp3) is 0.188. The number of hydrogen-bond acceptors (Lipinski definition) is 2. The van der Waals surface area contributed by atoms with E-state index in [1.165, 1.54) is 0 Å². The molecular formula is C16H14Cl4N2O. The summed E-state index contributed by atoms with van der Waals surface area (Å²) in [4.78, 5) is 12.2. The highest BCUT2D eigenvalue weighted by atomic mass is 35.6. The smallest absolute Gasteiger partial charge is 0.228 e. The van der Waals surface area contributed by atoms with Crippen LogP contribution < -0.4 is 10.6 Å². The molecule has 0 aliphatic carbocycles. The first-order chi connectivity index (χ1) is 10.9. The molecule has 2 aromatic rings. The molecule has 0 spiro atoms. The maximum absolute atomic E-state index is 12.2. The molecule has 0 heterocycles. The zero-order valence-corrected chi connectivity index (χ0v) is 14.9. The SMILES string of the molecule is O=C(Cc1ccccc1)NC(Nc1ccccc1Cl)C(Cl)(Cl)Cl. The van der Waals surface area contributed by atoms with Crippen LogP contribution in [0.4, 0.5) is 5.69 Å². The van der Waals surface area contributed by atoms with Crippen molar-refractivity contribution in [1.82, 2.24) is 5.32 Å². The summed E-state index contributed by atoms with van der Waals surface area (Å²) in [6.45, 7) is 0. The van der Waals surface area contributed by atoms with Crippen molar-refractivity contribution in [2.75, 3.05) is 5.32 Å². The normalized spacial score (nSPS) is 12.5. The van der Waals surface area contributed by atoms with Crippen LogP contribution in [-0.4, -0.2) is 15.9 Å². The second-order valence-corrected chi connectivity index (χ2v) is 7.60. The molecule has 0 radical (unpaired) electrons. The molecular weight excluding hydrogens is 378 g/mol. The van der Waals surface area contributed by atoms with Crippen molar-refractivity contribution < 1.29 is 4.79 Å². The summed E-state index contributed by atoms with van der Waals surface area (Å²) in [5, 5.41) is 6.08. The number of amides is 1. The van der Waals surface area contributed by atoms with Crippen molar-refractivity contribution in [3.8, 4) is 0 Å². The van der Waals surface area contributed by atoms with Gasteiger partial charge in [0.2, 0.25) is 9.70 Å². The van der Waals surface area contributed by atoms with E-state index in [9.17, 15) is 4.79 Å². The first kappa shape index (κ1) is 18.2. The predicted octanol–water partition coefficient (Wildman–Crippen LogP) is 4.81. The maximum Gasteiger partial charge on any atom is 0.228 e. The lowest BCUT2D eigenvalue weighted by molar-refractivity contribution is -0.120. The van der Waals surface area contributed by atoms with Gasteiger partial charge in [0.1, 0.15) is 6.17 Å². The summed E-state index contributed by atoms with van der Waals surface area (Å²) in [5.41, 5.74) is 1.43. The van der Waals surface area contributed by atoms with E-state index < -0.39 is 9.96 Å². The molecule has 0 bridgehead atoms. The molecule has 0 aromatic heterocycles. The topological polar surface area (TPSA) is 41.1 Å². The minimum atomic E-state index is -1.74. The Kier molecular flexibility index (Phi) is 6.42. The highest BCUT2D eigenvalue weighted by Gasteiger charge is 2.34. The predicted molar refractivity (Wildman–Crippen MR) is 97.4 cm³/mol. The van der Waals surface area contributed by atoms with Gasteiger partial charge in [0.15, 0.2) is 0 Å². The number of anilines is 1. The fourth-order valence-electron chi connectivity index (χ4n) is 1.93. The lowest BCUT2D eigenvalue weighted by Gasteiger charge is -2.27. The second-order valence-electron chi connectivity index (χ2n) is 4.83. The second kappa shape index (κ2) is 8.11. The van der Waals surface area contributed by atoms with Crippen molar-refractivity contribution in [3.63, 3.8) is 0 Å². The minimum absolute atomic E-state index is 0.183. The Morgan fingerprint density at radius 2 is 1.61 bits per heavy atom. The molecule has 23 heavy (non-hydrogen) atoms. The third-order valence-electron chi connectivity index (χ3n) is 3.01. The van der Waals surface area contributed by atoms with E-state index in [-0.39, 0.29) is 12.3 Å². The Hall–Kier alpha value is -1.13. The van der Waals surface area contributed by atoms with Gasteiger partial charge in [-0.15, -0.1) is 0 Å². The van der Waals surface area contributed by atoms with E-state index in [4.69, 9.17) is 46.4 Å².